The number of amides is 3. The molecule has 2 aromatic carbocycles. The van der Waals surface area contributed by atoms with Crippen LogP contribution in [-0.2, 0) is 4.79 Å². The van der Waals surface area contributed by atoms with E-state index in [1.54, 1.807) is 35.0 Å². The van der Waals surface area contributed by atoms with E-state index in [1.165, 1.54) is 11.3 Å². The first-order valence-electron chi connectivity index (χ1n) is 11.0. The van der Waals surface area contributed by atoms with Gasteiger partial charge in [-0.1, -0.05) is 36.4 Å². The van der Waals surface area contributed by atoms with Gasteiger partial charge in [-0.3, -0.25) is 14.4 Å². The summed E-state index contributed by atoms with van der Waals surface area (Å²) < 4.78 is 0. The fourth-order valence-electron chi connectivity index (χ4n) is 4.13. The Morgan fingerprint density at radius 1 is 1.06 bits per heavy atom. The quantitative estimate of drug-likeness (QED) is 0.572. The van der Waals surface area contributed by atoms with Crippen LogP contribution in [0.25, 0.3) is 0 Å². The molecule has 1 aromatic heterocycles. The number of thiophene rings is 1. The van der Waals surface area contributed by atoms with Crippen molar-refractivity contribution >= 4 is 34.7 Å². The zero-order valence-electron chi connectivity index (χ0n) is 18.7. The third kappa shape index (κ3) is 4.98. The predicted molar refractivity (Wildman–Crippen MR) is 130 cm³/mol. The average Bonchev–Trinajstić information content (AvgIpc) is 3.55. The van der Waals surface area contributed by atoms with Gasteiger partial charge in [-0.25, -0.2) is 0 Å². The summed E-state index contributed by atoms with van der Waals surface area (Å²) in [7, 11) is 1.77. The number of carbonyl (C=O) groups is 3. The van der Waals surface area contributed by atoms with Gasteiger partial charge < -0.3 is 15.1 Å². The number of anilines is 1. The first-order valence-corrected chi connectivity index (χ1v) is 11.9. The van der Waals surface area contributed by atoms with Crippen molar-refractivity contribution in [3.05, 3.63) is 88.1 Å². The minimum Gasteiger partial charge on any atom is -0.337 e. The van der Waals surface area contributed by atoms with Crippen molar-refractivity contribution in [2.45, 2.75) is 31.8 Å². The molecular weight excluding hydrogens is 434 g/mol. The Balaban J connectivity index is 1.45. The topological polar surface area (TPSA) is 69.7 Å². The highest BCUT2D eigenvalue weighted by Gasteiger charge is 2.37. The van der Waals surface area contributed by atoms with E-state index in [9.17, 15) is 14.4 Å². The normalized spacial score (nSPS) is 16.3. The van der Waals surface area contributed by atoms with E-state index in [0.717, 1.165) is 12.0 Å². The molecule has 3 aromatic rings. The minimum absolute atomic E-state index is 0.0661. The lowest BCUT2D eigenvalue weighted by Gasteiger charge is -2.31. The third-order valence-electron chi connectivity index (χ3n) is 6.12. The van der Waals surface area contributed by atoms with Crippen molar-refractivity contribution in [1.29, 1.82) is 0 Å². The SMILES string of the molecule is C[C@@H](c1cccc(NC(=O)c2ccccc2)c1)N(C)C(=O)[C@@H]1CCCN1C(=O)c1cccs1. The fraction of sp³-hybridized carbons (Fsp3) is 0.269. The number of likely N-dealkylation sites (N-methyl/N-ethyl adjacent to an activating group) is 1. The van der Waals surface area contributed by atoms with Gasteiger partial charge in [0.1, 0.15) is 6.04 Å². The van der Waals surface area contributed by atoms with Crippen LogP contribution in [0.5, 0.6) is 0 Å². The van der Waals surface area contributed by atoms with E-state index in [-0.39, 0.29) is 23.8 Å². The molecule has 6 nitrogen and oxygen atoms in total. The number of carbonyl (C=O) groups excluding carboxylic acids is 3. The van der Waals surface area contributed by atoms with Crippen LogP contribution in [0.4, 0.5) is 5.69 Å². The lowest BCUT2D eigenvalue weighted by Crippen LogP contribution is -2.47. The van der Waals surface area contributed by atoms with Gasteiger partial charge in [-0.2, -0.15) is 0 Å². The Hall–Kier alpha value is -3.45. The molecular formula is C26H27N3O3S. The van der Waals surface area contributed by atoms with Crippen molar-refractivity contribution in [2.75, 3.05) is 18.9 Å². The molecule has 0 bridgehead atoms. The molecule has 0 aliphatic carbocycles. The highest BCUT2D eigenvalue weighted by molar-refractivity contribution is 7.12. The van der Waals surface area contributed by atoms with Gasteiger partial charge in [0, 0.05) is 24.8 Å². The largest absolute Gasteiger partial charge is 0.337 e. The molecule has 1 aliphatic heterocycles. The molecule has 7 heteroatoms. The van der Waals surface area contributed by atoms with Crippen molar-refractivity contribution in [1.82, 2.24) is 9.80 Å². The second-order valence-electron chi connectivity index (χ2n) is 8.20. The lowest BCUT2D eigenvalue weighted by atomic mass is 10.0. The molecule has 170 valence electrons. The molecule has 0 unspecified atom stereocenters. The average molecular weight is 462 g/mol. The Morgan fingerprint density at radius 3 is 2.58 bits per heavy atom. The molecule has 2 heterocycles. The number of hydrogen-bond acceptors (Lipinski definition) is 4. The molecule has 0 spiro atoms. The maximum Gasteiger partial charge on any atom is 0.264 e. The number of benzene rings is 2. The smallest absolute Gasteiger partial charge is 0.264 e. The fourth-order valence-corrected chi connectivity index (χ4v) is 4.81. The van der Waals surface area contributed by atoms with E-state index in [0.29, 0.717) is 29.1 Å². The molecule has 1 N–H and O–H groups in total. The molecule has 0 radical (unpaired) electrons. The van der Waals surface area contributed by atoms with Crippen LogP contribution in [0.2, 0.25) is 0 Å². The van der Waals surface area contributed by atoms with Crippen LogP contribution in [-0.4, -0.2) is 47.2 Å². The van der Waals surface area contributed by atoms with Crippen LogP contribution in [0.15, 0.2) is 72.1 Å². The van der Waals surface area contributed by atoms with E-state index < -0.39 is 6.04 Å². The summed E-state index contributed by atoms with van der Waals surface area (Å²) >= 11 is 1.40. The molecule has 1 aliphatic rings. The van der Waals surface area contributed by atoms with Gasteiger partial charge >= 0.3 is 0 Å². The molecule has 4 rings (SSSR count). The lowest BCUT2D eigenvalue weighted by molar-refractivity contribution is -0.135. The molecule has 1 fully saturated rings. The Bertz CT molecular complexity index is 1130. The third-order valence-corrected chi connectivity index (χ3v) is 6.98. The zero-order valence-corrected chi connectivity index (χ0v) is 19.5. The molecule has 3 amide bonds. The summed E-state index contributed by atoms with van der Waals surface area (Å²) in [6.07, 6.45) is 1.48. The minimum atomic E-state index is -0.451. The maximum absolute atomic E-state index is 13.4. The van der Waals surface area contributed by atoms with E-state index >= 15 is 0 Å². The monoisotopic (exact) mass is 461 g/mol. The van der Waals surface area contributed by atoms with Gasteiger partial charge in [-0.15, -0.1) is 11.3 Å². The van der Waals surface area contributed by atoms with E-state index in [1.807, 2.05) is 60.8 Å². The first kappa shape index (κ1) is 22.7. The number of hydrogen-bond donors (Lipinski definition) is 1. The van der Waals surface area contributed by atoms with Crippen LogP contribution < -0.4 is 5.32 Å². The molecule has 33 heavy (non-hydrogen) atoms. The summed E-state index contributed by atoms with van der Waals surface area (Å²) in [6.45, 7) is 2.55. The van der Waals surface area contributed by atoms with Crippen LogP contribution in [0, 0.1) is 0 Å². The maximum atomic E-state index is 13.4. The van der Waals surface area contributed by atoms with Crippen LogP contribution in [0.3, 0.4) is 0 Å². The van der Waals surface area contributed by atoms with E-state index in [2.05, 4.69) is 5.32 Å². The van der Waals surface area contributed by atoms with Crippen LogP contribution in [0.1, 0.15) is 51.4 Å². The second-order valence-corrected chi connectivity index (χ2v) is 9.15. The van der Waals surface area contributed by atoms with Gasteiger partial charge in [-0.05, 0) is 61.0 Å². The molecule has 2 atom stereocenters. The molecule has 1 saturated heterocycles. The van der Waals surface area contributed by atoms with Crippen LogP contribution >= 0.6 is 11.3 Å². The van der Waals surface area contributed by atoms with Gasteiger partial charge in [0.15, 0.2) is 0 Å². The highest BCUT2D eigenvalue weighted by Crippen LogP contribution is 2.28. The van der Waals surface area contributed by atoms with Crippen molar-refractivity contribution in [2.24, 2.45) is 0 Å². The highest BCUT2D eigenvalue weighted by atomic mass is 32.1. The molecule has 0 saturated carbocycles. The van der Waals surface area contributed by atoms with Crippen molar-refractivity contribution in [3.8, 4) is 0 Å². The Labute approximate surface area is 197 Å². The number of nitrogens with zero attached hydrogens (tertiary/aromatic N) is 2. The first-order chi connectivity index (χ1) is 16.0. The summed E-state index contributed by atoms with van der Waals surface area (Å²) in [4.78, 5) is 42.8. The van der Waals surface area contributed by atoms with Crippen molar-refractivity contribution in [3.63, 3.8) is 0 Å². The van der Waals surface area contributed by atoms with Gasteiger partial charge in [0.2, 0.25) is 5.91 Å². The van der Waals surface area contributed by atoms with E-state index in [4.69, 9.17) is 0 Å². The standard InChI is InChI=1S/C26H27N3O3S/c1-18(20-11-6-12-21(17-20)27-24(30)19-9-4-3-5-10-19)28(2)25(31)22-13-7-15-29(22)26(32)23-14-8-16-33-23/h3-6,8-12,14,16-18,22H,7,13,15H2,1-2H3,(H,27,30)/t18-,22-/m0/s1. The number of likely N-dealkylation sites (tertiary alicyclic amines) is 1. The van der Waals surface area contributed by atoms with Gasteiger partial charge in [0.05, 0.1) is 10.9 Å². The summed E-state index contributed by atoms with van der Waals surface area (Å²) in [5.41, 5.74) is 2.16. The van der Waals surface area contributed by atoms with Gasteiger partial charge in [0.25, 0.3) is 11.8 Å². The summed E-state index contributed by atoms with van der Waals surface area (Å²) in [6, 6.07) is 19.5. The predicted octanol–water partition coefficient (Wildman–Crippen LogP) is 4.82. The Morgan fingerprint density at radius 2 is 1.85 bits per heavy atom. The van der Waals surface area contributed by atoms with Crippen molar-refractivity contribution < 1.29 is 14.4 Å². The Kier molecular flexibility index (Phi) is 6.89. The summed E-state index contributed by atoms with van der Waals surface area (Å²) in [5.74, 6) is -0.324. The number of rotatable bonds is 6. The second kappa shape index (κ2) is 10.0. The number of nitrogens with one attached hydrogen (secondary N) is 1. The summed E-state index contributed by atoms with van der Waals surface area (Å²) in [5, 5.41) is 4.79. The zero-order chi connectivity index (χ0) is 23.4.